The van der Waals surface area contributed by atoms with E-state index in [2.05, 4.69) is 49.6 Å². The Kier molecular flexibility index (Phi) is 4.11. The summed E-state index contributed by atoms with van der Waals surface area (Å²) in [5.41, 5.74) is 4.74. The van der Waals surface area contributed by atoms with Gasteiger partial charge in [-0.1, -0.05) is 22.9 Å². The van der Waals surface area contributed by atoms with Crippen LogP contribution in [0, 0.1) is 0 Å². The third kappa shape index (κ3) is 2.96. The maximum atomic E-state index is 5.31. The number of nitrogen functional groups attached to an aromatic ring is 1. The Morgan fingerprint density at radius 3 is 2.72 bits per heavy atom. The standard InChI is InChI=1S/C12H14BrN5/c1-2-8-5-9(13)3-4-10(8)17-11-6-12(18-14)16-7-15-11/h3-7H,2,14H2,1H3,(H2,15,16,17,18). The second-order valence-electron chi connectivity index (χ2n) is 3.71. The molecule has 94 valence electrons. The third-order valence-electron chi connectivity index (χ3n) is 2.53. The molecular formula is C12H14BrN5. The summed E-state index contributed by atoms with van der Waals surface area (Å²) in [6.07, 6.45) is 2.40. The van der Waals surface area contributed by atoms with E-state index in [1.807, 2.05) is 12.1 Å². The molecule has 0 saturated carbocycles. The molecule has 1 aromatic carbocycles. The second-order valence-corrected chi connectivity index (χ2v) is 4.63. The molecule has 6 heteroatoms. The fraction of sp³-hybridized carbons (Fsp3) is 0.167. The Labute approximate surface area is 114 Å². The van der Waals surface area contributed by atoms with Crippen molar-refractivity contribution < 1.29 is 0 Å². The Bertz CT molecular complexity index is 544. The van der Waals surface area contributed by atoms with Crippen LogP contribution in [0.25, 0.3) is 0 Å². The molecule has 18 heavy (non-hydrogen) atoms. The van der Waals surface area contributed by atoms with Gasteiger partial charge in [0.25, 0.3) is 0 Å². The van der Waals surface area contributed by atoms with Gasteiger partial charge in [0.05, 0.1) is 0 Å². The zero-order chi connectivity index (χ0) is 13.0. The summed E-state index contributed by atoms with van der Waals surface area (Å²) < 4.78 is 1.07. The number of hydrogen-bond acceptors (Lipinski definition) is 5. The Hall–Kier alpha value is -1.66. The van der Waals surface area contributed by atoms with E-state index in [0.29, 0.717) is 11.6 Å². The normalized spacial score (nSPS) is 10.2. The lowest BCUT2D eigenvalue weighted by Crippen LogP contribution is -2.09. The third-order valence-corrected chi connectivity index (χ3v) is 3.02. The zero-order valence-electron chi connectivity index (χ0n) is 9.94. The molecule has 0 radical (unpaired) electrons. The van der Waals surface area contributed by atoms with Crippen LogP contribution in [-0.4, -0.2) is 9.97 Å². The van der Waals surface area contributed by atoms with E-state index in [1.165, 1.54) is 11.9 Å². The van der Waals surface area contributed by atoms with Gasteiger partial charge in [0.1, 0.15) is 18.0 Å². The van der Waals surface area contributed by atoms with Gasteiger partial charge in [-0.2, -0.15) is 0 Å². The van der Waals surface area contributed by atoms with Crippen molar-refractivity contribution in [2.75, 3.05) is 10.7 Å². The molecule has 5 nitrogen and oxygen atoms in total. The number of aryl methyl sites for hydroxylation is 1. The van der Waals surface area contributed by atoms with Crippen molar-refractivity contribution in [1.29, 1.82) is 0 Å². The average Bonchev–Trinajstić information content (AvgIpc) is 2.41. The lowest BCUT2D eigenvalue weighted by atomic mass is 10.1. The molecule has 0 saturated heterocycles. The van der Waals surface area contributed by atoms with Crippen LogP contribution >= 0.6 is 15.9 Å². The maximum Gasteiger partial charge on any atom is 0.145 e. The summed E-state index contributed by atoms with van der Waals surface area (Å²) in [7, 11) is 0. The van der Waals surface area contributed by atoms with Crippen LogP contribution in [-0.2, 0) is 6.42 Å². The summed E-state index contributed by atoms with van der Waals surface area (Å²) in [6, 6.07) is 7.85. The molecular weight excluding hydrogens is 294 g/mol. The van der Waals surface area contributed by atoms with Gasteiger partial charge < -0.3 is 10.7 Å². The number of aromatic nitrogens is 2. The monoisotopic (exact) mass is 307 g/mol. The first-order chi connectivity index (χ1) is 8.72. The molecule has 1 aromatic heterocycles. The lowest BCUT2D eigenvalue weighted by molar-refractivity contribution is 1.12. The van der Waals surface area contributed by atoms with Gasteiger partial charge in [-0.3, -0.25) is 0 Å². The largest absolute Gasteiger partial charge is 0.340 e. The van der Waals surface area contributed by atoms with Crippen molar-refractivity contribution in [3.63, 3.8) is 0 Å². The first-order valence-electron chi connectivity index (χ1n) is 5.57. The summed E-state index contributed by atoms with van der Waals surface area (Å²) in [5, 5.41) is 3.26. The highest BCUT2D eigenvalue weighted by Crippen LogP contribution is 2.24. The number of nitrogens with two attached hydrogens (primary N) is 1. The van der Waals surface area contributed by atoms with Crippen LogP contribution in [0.5, 0.6) is 0 Å². The number of nitrogens with zero attached hydrogens (tertiary/aromatic N) is 2. The van der Waals surface area contributed by atoms with Crippen LogP contribution in [0.1, 0.15) is 12.5 Å². The molecule has 2 aromatic rings. The van der Waals surface area contributed by atoms with Gasteiger partial charge in [0.2, 0.25) is 0 Å². The number of anilines is 3. The van der Waals surface area contributed by atoms with Gasteiger partial charge in [0.15, 0.2) is 0 Å². The van der Waals surface area contributed by atoms with Gasteiger partial charge in [0, 0.05) is 16.2 Å². The molecule has 0 atom stereocenters. The van der Waals surface area contributed by atoms with Crippen molar-refractivity contribution in [2.24, 2.45) is 5.84 Å². The second kappa shape index (κ2) is 5.79. The number of hydrogen-bond donors (Lipinski definition) is 3. The van der Waals surface area contributed by atoms with Crippen LogP contribution in [0.2, 0.25) is 0 Å². The molecule has 4 N–H and O–H groups in total. The van der Waals surface area contributed by atoms with E-state index in [-0.39, 0.29) is 0 Å². The van der Waals surface area contributed by atoms with E-state index in [9.17, 15) is 0 Å². The quantitative estimate of drug-likeness (QED) is 0.598. The fourth-order valence-corrected chi connectivity index (χ4v) is 2.03. The molecule has 0 aliphatic carbocycles. The predicted octanol–water partition coefficient (Wildman–Crippen LogP) is 2.83. The van der Waals surface area contributed by atoms with Crippen molar-refractivity contribution in [3.8, 4) is 0 Å². The molecule has 0 aliphatic heterocycles. The van der Waals surface area contributed by atoms with Crippen LogP contribution in [0.3, 0.4) is 0 Å². The molecule has 0 spiro atoms. The maximum absolute atomic E-state index is 5.31. The van der Waals surface area contributed by atoms with E-state index < -0.39 is 0 Å². The Balaban J connectivity index is 2.27. The fourth-order valence-electron chi connectivity index (χ4n) is 1.62. The molecule has 0 amide bonds. The summed E-state index contributed by atoms with van der Waals surface area (Å²) in [5.74, 6) is 6.59. The molecule has 0 unspecified atom stereocenters. The predicted molar refractivity (Wildman–Crippen MR) is 76.6 cm³/mol. The minimum absolute atomic E-state index is 0.572. The zero-order valence-corrected chi connectivity index (χ0v) is 11.5. The Morgan fingerprint density at radius 2 is 2.00 bits per heavy atom. The summed E-state index contributed by atoms with van der Waals surface area (Å²) in [6.45, 7) is 2.11. The van der Waals surface area contributed by atoms with Crippen molar-refractivity contribution in [2.45, 2.75) is 13.3 Å². The van der Waals surface area contributed by atoms with Gasteiger partial charge in [-0.25, -0.2) is 15.8 Å². The first-order valence-corrected chi connectivity index (χ1v) is 6.36. The molecule has 1 heterocycles. The molecule has 2 rings (SSSR count). The van der Waals surface area contributed by atoms with Crippen molar-refractivity contribution in [3.05, 3.63) is 40.6 Å². The number of rotatable bonds is 4. The number of halogens is 1. The summed E-state index contributed by atoms with van der Waals surface area (Å²) in [4.78, 5) is 8.11. The first kappa shape index (κ1) is 12.8. The number of benzene rings is 1. The molecule has 0 bridgehead atoms. The van der Waals surface area contributed by atoms with Crippen LogP contribution < -0.4 is 16.6 Å². The van der Waals surface area contributed by atoms with E-state index >= 15 is 0 Å². The topological polar surface area (TPSA) is 75.9 Å². The highest BCUT2D eigenvalue weighted by atomic mass is 79.9. The van der Waals surface area contributed by atoms with Crippen molar-refractivity contribution >= 4 is 33.3 Å². The Morgan fingerprint density at radius 1 is 1.22 bits per heavy atom. The van der Waals surface area contributed by atoms with Gasteiger partial charge in [-0.05, 0) is 30.2 Å². The van der Waals surface area contributed by atoms with Gasteiger partial charge >= 0.3 is 0 Å². The van der Waals surface area contributed by atoms with E-state index in [1.54, 1.807) is 6.07 Å². The number of nitrogens with one attached hydrogen (secondary N) is 2. The SMILES string of the molecule is CCc1cc(Br)ccc1Nc1cc(NN)ncn1. The molecule has 0 aliphatic rings. The van der Waals surface area contributed by atoms with E-state index in [4.69, 9.17) is 5.84 Å². The van der Waals surface area contributed by atoms with E-state index in [0.717, 1.165) is 16.6 Å². The van der Waals surface area contributed by atoms with Crippen molar-refractivity contribution in [1.82, 2.24) is 9.97 Å². The smallest absolute Gasteiger partial charge is 0.145 e. The highest BCUT2D eigenvalue weighted by molar-refractivity contribution is 9.10. The minimum Gasteiger partial charge on any atom is -0.340 e. The lowest BCUT2D eigenvalue weighted by Gasteiger charge is -2.11. The number of hydrazine groups is 1. The van der Waals surface area contributed by atoms with Crippen LogP contribution in [0.15, 0.2) is 35.1 Å². The molecule has 0 fully saturated rings. The highest BCUT2D eigenvalue weighted by Gasteiger charge is 2.03. The minimum atomic E-state index is 0.572. The van der Waals surface area contributed by atoms with Crippen LogP contribution in [0.4, 0.5) is 17.3 Å². The average molecular weight is 308 g/mol. The van der Waals surface area contributed by atoms with Gasteiger partial charge in [-0.15, -0.1) is 0 Å². The summed E-state index contributed by atoms with van der Waals surface area (Å²) >= 11 is 3.47.